The summed E-state index contributed by atoms with van der Waals surface area (Å²) < 4.78 is 0. The minimum atomic E-state index is 0.241. The Hall–Kier alpha value is -1.28. The van der Waals surface area contributed by atoms with E-state index in [0.717, 1.165) is 0 Å². The molecule has 0 rings (SSSR count). The summed E-state index contributed by atoms with van der Waals surface area (Å²) >= 11 is 0. The van der Waals surface area contributed by atoms with Crippen LogP contribution in [0.15, 0.2) is 13.2 Å². The lowest BCUT2D eigenvalue weighted by atomic mass is 10.1. The molecule has 2 heteroatoms. The number of hydrogen-bond donors (Lipinski definition) is 0. The van der Waals surface area contributed by atoms with Gasteiger partial charge in [0.05, 0.1) is 12.1 Å². The highest BCUT2D eigenvalue weighted by Gasteiger charge is 1.96. The number of rotatable bonds is 2. The fraction of sp³-hybridized carbons (Fsp3) is 0.600. The SMILES string of the molecule is C=C.CC.CC(CC#N)CC#N. The Kier molecular flexibility index (Phi) is 32.0. The van der Waals surface area contributed by atoms with E-state index in [1.165, 1.54) is 0 Å². The molecule has 0 saturated heterocycles. The van der Waals surface area contributed by atoms with Crippen LogP contribution in [0.4, 0.5) is 0 Å². The summed E-state index contributed by atoms with van der Waals surface area (Å²) in [5, 5.41) is 16.2. The molecule has 0 aliphatic rings. The van der Waals surface area contributed by atoms with E-state index in [0.29, 0.717) is 12.8 Å². The van der Waals surface area contributed by atoms with Gasteiger partial charge in [-0.2, -0.15) is 10.5 Å². The Morgan fingerprint density at radius 2 is 1.33 bits per heavy atom. The average molecular weight is 166 g/mol. The van der Waals surface area contributed by atoms with E-state index in [1.807, 2.05) is 32.9 Å². The molecule has 0 atom stereocenters. The highest BCUT2D eigenvalue weighted by Crippen LogP contribution is 2.03. The summed E-state index contributed by atoms with van der Waals surface area (Å²) in [7, 11) is 0. The standard InChI is InChI=1S/C6H8N2.C2H6.C2H4/c1-6(2-4-7)3-5-8;2*1-2/h6H,2-3H2,1H3;1-2H3;1-2H2. The Morgan fingerprint density at radius 3 is 1.50 bits per heavy atom. The van der Waals surface area contributed by atoms with Gasteiger partial charge in [-0.3, -0.25) is 0 Å². The second kappa shape index (κ2) is 22.6. The van der Waals surface area contributed by atoms with E-state index in [2.05, 4.69) is 13.2 Å². The molecule has 0 aromatic rings. The van der Waals surface area contributed by atoms with Crippen LogP contribution >= 0.6 is 0 Å². The van der Waals surface area contributed by atoms with Crippen LogP contribution in [0.5, 0.6) is 0 Å². The van der Waals surface area contributed by atoms with Gasteiger partial charge in [0.15, 0.2) is 0 Å². The summed E-state index contributed by atoms with van der Waals surface area (Å²) in [5.74, 6) is 0.241. The Balaban J connectivity index is -0.000000175. The van der Waals surface area contributed by atoms with E-state index < -0.39 is 0 Å². The average Bonchev–Trinajstić information content (AvgIpc) is 2.12. The van der Waals surface area contributed by atoms with Crippen LogP contribution in [0.3, 0.4) is 0 Å². The van der Waals surface area contributed by atoms with Gasteiger partial charge in [-0.1, -0.05) is 20.8 Å². The third kappa shape index (κ3) is 23.3. The maximum Gasteiger partial charge on any atom is 0.0624 e. The molecule has 0 fully saturated rings. The second-order valence-corrected chi connectivity index (χ2v) is 1.83. The molecule has 2 nitrogen and oxygen atoms in total. The van der Waals surface area contributed by atoms with Gasteiger partial charge in [0.25, 0.3) is 0 Å². The lowest BCUT2D eigenvalue weighted by molar-refractivity contribution is 0.616. The molecule has 0 heterocycles. The minimum Gasteiger partial charge on any atom is -0.198 e. The van der Waals surface area contributed by atoms with Gasteiger partial charge in [0.2, 0.25) is 0 Å². The Labute approximate surface area is 76.1 Å². The predicted octanol–water partition coefficient (Wildman–Crippen LogP) is 3.28. The maximum absolute atomic E-state index is 8.10. The first-order valence-electron chi connectivity index (χ1n) is 4.05. The van der Waals surface area contributed by atoms with Crippen LogP contribution in [0, 0.1) is 28.6 Å². The lowest BCUT2D eigenvalue weighted by Gasteiger charge is -1.94. The Bertz CT molecular complexity index is 123. The zero-order valence-corrected chi connectivity index (χ0v) is 8.30. The molecule has 0 aliphatic carbocycles. The maximum atomic E-state index is 8.10. The molecule has 12 heavy (non-hydrogen) atoms. The van der Waals surface area contributed by atoms with Crippen molar-refractivity contribution in [1.29, 1.82) is 10.5 Å². The van der Waals surface area contributed by atoms with Crippen LogP contribution in [0.2, 0.25) is 0 Å². The number of hydrogen-bond acceptors (Lipinski definition) is 2. The summed E-state index contributed by atoms with van der Waals surface area (Å²) in [5.41, 5.74) is 0. The van der Waals surface area contributed by atoms with Gasteiger partial charge < -0.3 is 0 Å². The zero-order valence-electron chi connectivity index (χ0n) is 8.30. The Morgan fingerprint density at radius 1 is 1.08 bits per heavy atom. The van der Waals surface area contributed by atoms with E-state index in [9.17, 15) is 0 Å². The third-order valence-corrected chi connectivity index (χ3v) is 0.879. The van der Waals surface area contributed by atoms with E-state index in [1.54, 1.807) is 0 Å². The smallest absolute Gasteiger partial charge is 0.0624 e. The number of nitrogens with zero attached hydrogens (tertiary/aromatic N) is 2. The van der Waals surface area contributed by atoms with Crippen molar-refractivity contribution in [3.8, 4) is 12.1 Å². The van der Waals surface area contributed by atoms with Crippen LogP contribution in [0.1, 0.15) is 33.6 Å². The minimum absolute atomic E-state index is 0.241. The van der Waals surface area contributed by atoms with Crippen molar-refractivity contribution in [3.05, 3.63) is 13.2 Å². The molecular weight excluding hydrogens is 148 g/mol. The van der Waals surface area contributed by atoms with Gasteiger partial charge in [-0.25, -0.2) is 0 Å². The fourth-order valence-corrected chi connectivity index (χ4v) is 0.384. The van der Waals surface area contributed by atoms with Crippen molar-refractivity contribution in [3.63, 3.8) is 0 Å². The fourth-order valence-electron chi connectivity index (χ4n) is 0.384. The zero-order chi connectivity index (χ0) is 10.4. The normalized spacial score (nSPS) is 6.17. The molecule has 0 aliphatic heterocycles. The topological polar surface area (TPSA) is 47.6 Å². The molecule has 0 bridgehead atoms. The molecule has 0 saturated carbocycles. The first-order valence-corrected chi connectivity index (χ1v) is 4.05. The summed E-state index contributed by atoms with van der Waals surface area (Å²) in [4.78, 5) is 0. The van der Waals surface area contributed by atoms with Gasteiger partial charge >= 0.3 is 0 Å². The monoisotopic (exact) mass is 166 g/mol. The van der Waals surface area contributed by atoms with Crippen LogP contribution in [-0.4, -0.2) is 0 Å². The molecule has 0 spiro atoms. The van der Waals surface area contributed by atoms with Gasteiger partial charge in [-0.15, -0.1) is 13.2 Å². The van der Waals surface area contributed by atoms with Crippen LogP contribution in [0.25, 0.3) is 0 Å². The van der Waals surface area contributed by atoms with Gasteiger partial charge in [0.1, 0.15) is 0 Å². The van der Waals surface area contributed by atoms with Crippen molar-refractivity contribution >= 4 is 0 Å². The highest BCUT2D eigenvalue weighted by molar-refractivity contribution is 4.80. The predicted molar refractivity (Wildman–Crippen MR) is 52.2 cm³/mol. The highest BCUT2D eigenvalue weighted by atomic mass is 14.3. The molecular formula is C10H18N2. The van der Waals surface area contributed by atoms with Gasteiger partial charge in [0, 0.05) is 12.8 Å². The largest absolute Gasteiger partial charge is 0.198 e. The van der Waals surface area contributed by atoms with Crippen molar-refractivity contribution in [1.82, 2.24) is 0 Å². The molecule has 0 radical (unpaired) electrons. The molecule has 0 aromatic carbocycles. The van der Waals surface area contributed by atoms with Crippen molar-refractivity contribution in [2.75, 3.05) is 0 Å². The molecule has 68 valence electrons. The summed E-state index contributed by atoms with van der Waals surface area (Å²) in [6, 6.07) is 4.00. The summed E-state index contributed by atoms with van der Waals surface area (Å²) in [6.45, 7) is 11.9. The van der Waals surface area contributed by atoms with Crippen LogP contribution < -0.4 is 0 Å². The van der Waals surface area contributed by atoms with Gasteiger partial charge in [-0.05, 0) is 5.92 Å². The van der Waals surface area contributed by atoms with E-state index in [-0.39, 0.29) is 5.92 Å². The molecule has 0 unspecified atom stereocenters. The second-order valence-electron chi connectivity index (χ2n) is 1.83. The quantitative estimate of drug-likeness (QED) is 0.591. The van der Waals surface area contributed by atoms with E-state index in [4.69, 9.17) is 10.5 Å². The molecule has 0 amide bonds. The molecule has 0 aromatic heterocycles. The third-order valence-electron chi connectivity index (χ3n) is 0.879. The van der Waals surface area contributed by atoms with Crippen molar-refractivity contribution in [2.45, 2.75) is 33.6 Å². The molecule has 0 N–H and O–H groups in total. The van der Waals surface area contributed by atoms with E-state index >= 15 is 0 Å². The van der Waals surface area contributed by atoms with Crippen LogP contribution in [-0.2, 0) is 0 Å². The van der Waals surface area contributed by atoms with Crippen molar-refractivity contribution in [2.24, 2.45) is 5.92 Å². The first-order chi connectivity index (χ1) is 5.81. The van der Waals surface area contributed by atoms with Crippen molar-refractivity contribution < 1.29 is 0 Å². The number of nitriles is 2. The first kappa shape index (κ1) is 17.0. The summed E-state index contributed by atoms with van der Waals surface area (Å²) in [6.07, 6.45) is 0.987. The lowest BCUT2D eigenvalue weighted by Crippen LogP contribution is -1.88.